The zero-order chi connectivity index (χ0) is 24.1. The van der Waals surface area contributed by atoms with Gasteiger partial charge in [-0.2, -0.15) is 4.98 Å². The SMILES string of the molecule is COC(=O)c1ccccc1Nc1nc(Nc2ccc(N3CCN(C)CC3)cc2OC)ncc1Cl. The first kappa shape index (κ1) is 23.6. The van der Waals surface area contributed by atoms with Gasteiger partial charge in [-0.25, -0.2) is 9.78 Å². The van der Waals surface area contributed by atoms with E-state index in [0.717, 1.165) is 37.6 Å². The van der Waals surface area contributed by atoms with Crippen LogP contribution in [0.25, 0.3) is 0 Å². The first-order valence-corrected chi connectivity index (χ1v) is 11.2. The number of ether oxygens (including phenoxy) is 2. The van der Waals surface area contributed by atoms with E-state index in [1.54, 1.807) is 31.4 Å². The Morgan fingerprint density at radius 1 is 1.03 bits per heavy atom. The Hall–Kier alpha value is -3.56. The first-order valence-electron chi connectivity index (χ1n) is 10.8. The molecule has 0 amide bonds. The van der Waals surface area contributed by atoms with Crippen molar-refractivity contribution in [3.05, 3.63) is 59.2 Å². The van der Waals surface area contributed by atoms with Crippen LogP contribution in [0.15, 0.2) is 48.7 Å². The molecule has 0 bridgehead atoms. The summed E-state index contributed by atoms with van der Waals surface area (Å²) in [7, 11) is 5.10. The molecular formula is C24H27ClN6O3. The van der Waals surface area contributed by atoms with Gasteiger partial charge >= 0.3 is 5.97 Å². The van der Waals surface area contributed by atoms with Gasteiger partial charge in [-0.15, -0.1) is 0 Å². The number of likely N-dealkylation sites (N-methyl/N-ethyl adjacent to an activating group) is 1. The number of hydrogen-bond donors (Lipinski definition) is 2. The van der Waals surface area contributed by atoms with Gasteiger partial charge in [-0.1, -0.05) is 23.7 Å². The third-order valence-corrected chi connectivity index (χ3v) is 5.91. The summed E-state index contributed by atoms with van der Waals surface area (Å²) in [5.41, 5.74) is 2.73. The van der Waals surface area contributed by atoms with Crippen LogP contribution in [-0.2, 0) is 4.74 Å². The topological polar surface area (TPSA) is 91.8 Å². The van der Waals surface area contributed by atoms with E-state index in [4.69, 9.17) is 21.1 Å². The van der Waals surface area contributed by atoms with E-state index < -0.39 is 5.97 Å². The smallest absolute Gasteiger partial charge is 0.339 e. The van der Waals surface area contributed by atoms with Gasteiger partial charge in [-0.3, -0.25) is 0 Å². The van der Waals surface area contributed by atoms with Crippen LogP contribution in [0.4, 0.5) is 28.8 Å². The van der Waals surface area contributed by atoms with Crippen LogP contribution in [0, 0.1) is 0 Å². The van der Waals surface area contributed by atoms with Crippen LogP contribution >= 0.6 is 11.6 Å². The lowest BCUT2D eigenvalue weighted by Crippen LogP contribution is -2.44. The number of methoxy groups -OCH3 is 2. The number of benzene rings is 2. The van der Waals surface area contributed by atoms with Crippen LogP contribution in [0.5, 0.6) is 5.75 Å². The number of esters is 1. The highest BCUT2D eigenvalue weighted by Crippen LogP contribution is 2.33. The lowest BCUT2D eigenvalue weighted by molar-refractivity contribution is 0.0602. The normalized spacial score (nSPS) is 13.9. The van der Waals surface area contributed by atoms with E-state index in [0.29, 0.717) is 33.8 Å². The van der Waals surface area contributed by atoms with Crippen molar-refractivity contribution in [2.45, 2.75) is 0 Å². The Labute approximate surface area is 203 Å². The second-order valence-corrected chi connectivity index (χ2v) is 8.26. The summed E-state index contributed by atoms with van der Waals surface area (Å²) in [6.45, 7) is 3.98. The lowest BCUT2D eigenvalue weighted by atomic mass is 10.2. The predicted octanol–water partition coefficient (Wildman–Crippen LogP) is 4.16. The molecule has 3 aromatic rings. The molecule has 2 aromatic carbocycles. The van der Waals surface area contributed by atoms with Crippen molar-refractivity contribution in [3.63, 3.8) is 0 Å². The van der Waals surface area contributed by atoms with Crippen LogP contribution in [0.2, 0.25) is 5.02 Å². The Bertz CT molecular complexity index is 1170. The second kappa shape index (κ2) is 10.6. The maximum Gasteiger partial charge on any atom is 0.339 e. The number of piperazine rings is 1. The third kappa shape index (κ3) is 5.32. The maximum atomic E-state index is 12.1. The molecule has 0 radical (unpaired) electrons. The number of para-hydroxylation sites is 1. The first-order chi connectivity index (χ1) is 16.5. The number of carbonyl (C=O) groups excluding carboxylic acids is 1. The fourth-order valence-corrected chi connectivity index (χ4v) is 3.83. The summed E-state index contributed by atoms with van der Waals surface area (Å²) < 4.78 is 10.5. The minimum absolute atomic E-state index is 0.308. The van der Waals surface area contributed by atoms with E-state index in [1.165, 1.54) is 13.3 Å². The minimum Gasteiger partial charge on any atom is -0.494 e. The number of anilines is 5. The van der Waals surface area contributed by atoms with E-state index in [2.05, 4.69) is 43.5 Å². The molecule has 4 rings (SSSR count). The molecule has 0 saturated carbocycles. The minimum atomic E-state index is -0.461. The average Bonchev–Trinajstić information content (AvgIpc) is 2.86. The number of nitrogens with one attached hydrogen (secondary N) is 2. The summed E-state index contributed by atoms with van der Waals surface area (Å²) in [4.78, 5) is 25.5. The monoisotopic (exact) mass is 482 g/mol. The molecule has 1 aliphatic rings. The zero-order valence-electron chi connectivity index (χ0n) is 19.3. The highest BCUT2D eigenvalue weighted by molar-refractivity contribution is 6.33. The number of halogens is 1. The summed E-state index contributed by atoms with van der Waals surface area (Å²) in [6.07, 6.45) is 1.49. The molecule has 0 aliphatic carbocycles. The van der Waals surface area contributed by atoms with Crippen LogP contribution in [0.3, 0.4) is 0 Å². The zero-order valence-corrected chi connectivity index (χ0v) is 20.1. The molecule has 1 fully saturated rings. The van der Waals surface area contributed by atoms with Gasteiger partial charge in [-0.05, 0) is 31.3 Å². The number of nitrogens with zero attached hydrogens (tertiary/aromatic N) is 4. The molecule has 34 heavy (non-hydrogen) atoms. The van der Waals surface area contributed by atoms with E-state index in [-0.39, 0.29) is 0 Å². The summed E-state index contributed by atoms with van der Waals surface area (Å²) in [5.74, 6) is 0.897. The van der Waals surface area contributed by atoms with Crippen molar-refractivity contribution < 1.29 is 14.3 Å². The molecule has 10 heteroatoms. The molecule has 1 aromatic heterocycles. The highest BCUT2D eigenvalue weighted by atomic mass is 35.5. The van der Waals surface area contributed by atoms with Crippen molar-refractivity contribution in [1.29, 1.82) is 0 Å². The molecule has 0 spiro atoms. The number of aromatic nitrogens is 2. The summed E-state index contributed by atoms with van der Waals surface area (Å²) >= 11 is 6.33. The van der Waals surface area contributed by atoms with Crippen LogP contribution in [0.1, 0.15) is 10.4 Å². The standard InChI is InChI=1S/C24H27ClN6O3/c1-30-10-12-31(13-11-30)16-8-9-20(21(14-16)33-2)28-24-26-15-18(25)22(29-24)27-19-7-5-4-6-17(19)23(32)34-3/h4-9,14-15H,10-13H2,1-3H3,(H2,26,27,28,29). The molecule has 1 saturated heterocycles. The molecular weight excluding hydrogens is 456 g/mol. The van der Waals surface area contributed by atoms with Crippen molar-refractivity contribution in [2.75, 3.05) is 63.0 Å². The summed E-state index contributed by atoms with van der Waals surface area (Å²) in [6, 6.07) is 13.0. The van der Waals surface area contributed by atoms with Crippen LogP contribution < -0.4 is 20.3 Å². The van der Waals surface area contributed by atoms with Crippen molar-refractivity contribution in [1.82, 2.24) is 14.9 Å². The molecule has 9 nitrogen and oxygen atoms in total. The van der Waals surface area contributed by atoms with Crippen LogP contribution in [-0.4, -0.2) is 68.3 Å². The second-order valence-electron chi connectivity index (χ2n) is 7.85. The van der Waals surface area contributed by atoms with Gasteiger partial charge in [0.05, 0.1) is 37.4 Å². The average molecular weight is 483 g/mol. The molecule has 1 aliphatic heterocycles. The Balaban J connectivity index is 1.55. The van der Waals surface area contributed by atoms with Gasteiger partial charge in [0.15, 0.2) is 5.82 Å². The Morgan fingerprint density at radius 2 is 1.79 bits per heavy atom. The predicted molar refractivity (Wildman–Crippen MR) is 134 cm³/mol. The number of carbonyl (C=O) groups is 1. The van der Waals surface area contributed by atoms with E-state index in [9.17, 15) is 4.79 Å². The largest absolute Gasteiger partial charge is 0.494 e. The van der Waals surface area contributed by atoms with Gasteiger partial charge < -0.3 is 29.9 Å². The third-order valence-electron chi connectivity index (χ3n) is 5.63. The Kier molecular flexibility index (Phi) is 7.34. The molecule has 0 atom stereocenters. The molecule has 2 N–H and O–H groups in total. The summed E-state index contributed by atoms with van der Waals surface area (Å²) in [5, 5.41) is 6.61. The number of rotatable bonds is 7. The molecule has 0 unspecified atom stereocenters. The fourth-order valence-electron chi connectivity index (χ4n) is 3.69. The van der Waals surface area contributed by atoms with E-state index >= 15 is 0 Å². The van der Waals surface area contributed by atoms with Gasteiger partial charge in [0.2, 0.25) is 5.95 Å². The quantitative estimate of drug-likeness (QED) is 0.481. The van der Waals surface area contributed by atoms with E-state index in [1.807, 2.05) is 12.1 Å². The van der Waals surface area contributed by atoms with Crippen molar-refractivity contribution >= 4 is 46.4 Å². The van der Waals surface area contributed by atoms with Gasteiger partial charge in [0, 0.05) is 37.9 Å². The highest BCUT2D eigenvalue weighted by Gasteiger charge is 2.17. The van der Waals surface area contributed by atoms with Gasteiger partial charge in [0.1, 0.15) is 10.8 Å². The molecule has 178 valence electrons. The fraction of sp³-hybridized carbons (Fsp3) is 0.292. The maximum absolute atomic E-state index is 12.1. The number of hydrogen-bond acceptors (Lipinski definition) is 9. The van der Waals surface area contributed by atoms with Crippen molar-refractivity contribution in [3.8, 4) is 5.75 Å². The van der Waals surface area contributed by atoms with Gasteiger partial charge in [0.25, 0.3) is 0 Å². The molecule has 2 heterocycles. The lowest BCUT2D eigenvalue weighted by Gasteiger charge is -2.34. The Morgan fingerprint density at radius 3 is 2.53 bits per heavy atom. The van der Waals surface area contributed by atoms with Crippen molar-refractivity contribution in [2.24, 2.45) is 0 Å².